The SMILES string of the molecule is O=C[C@H](OF)[C@@H](OF)[C@H](O)[C@H](O)CO. The monoisotopic (exact) mass is 216 g/mol. The summed E-state index contributed by atoms with van der Waals surface area (Å²) >= 11 is 0. The Morgan fingerprint density at radius 1 is 1.29 bits per heavy atom. The molecule has 0 aromatic rings. The average molecular weight is 216 g/mol. The highest BCUT2D eigenvalue weighted by molar-refractivity contribution is 5.57. The molecule has 14 heavy (non-hydrogen) atoms. The fourth-order valence-corrected chi connectivity index (χ4v) is 0.774. The van der Waals surface area contributed by atoms with Gasteiger partial charge < -0.3 is 20.1 Å². The molecular weight excluding hydrogens is 206 g/mol. The van der Waals surface area contributed by atoms with Gasteiger partial charge in [0.05, 0.1) is 6.61 Å². The lowest BCUT2D eigenvalue weighted by Gasteiger charge is -2.23. The topological polar surface area (TPSA) is 96.2 Å². The van der Waals surface area contributed by atoms with Crippen molar-refractivity contribution < 1.29 is 39.0 Å². The summed E-state index contributed by atoms with van der Waals surface area (Å²) in [4.78, 5) is 16.1. The first-order valence-corrected chi connectivity index (χ1v) is 3.59. The number of carbonyl (C=O) groups excluding carboxylic acids is 1. The van der Waals surface area contributed by atoms with Gasteiger partial charge >= 0.3 is 0 Å². The van der Waals surface area contributed by atoms with Gasteiger partial charge in [0.25, 0.3) is 0 Å². The Morgan fingerprint density at radius 3 is 2.14 bits per heavy atom. The van der Waals surface area contributed by atoms with E-state index < -0.39 is 31.0 Å². The first-order chi connectivity index (χ1) is 6.62. The summed E-state index contributed by atoms with van der Waals surface area (Å²) < 4.78 is 23.4. The van der Waals surface area contributed by atoms with Crippen LogP contribution in [0.5, 0.6) is 0 Å². The van der Waals surface area contributed by atoms with Crippen molar-refractivity contribution in [1.82, 2.24) is 0 Å². The molecular formula is C6H10F2O6. The number of hydrogen-bond acceptors (Lipinski definition) is 6. The number of hydrogen-bond donors (Lipinski definition) is 3. The van der Waals surface area contributed by atoms with Crippen molar-refractivity contribution in [2.24, 2.45) is 0 Å². The number of halogens is 2. The Hall–Kier alpha value is -0.670. The van der Waals surface area contributed by atoms with Crippen LogP contribution in [0.25, 0.3) is 0 Å². The van der Waals surface area contributed by atoms with Gasteiger partial charge in [0.15, 0.2) is 18.5 Å². The second kappa shape index (κ2) is 6.74. The van der Waals surface area contributed by atoms with Crippen LogP contribution in [0.1, 0.15) is 0 Å². The van der Waals surface area contributed by atoms with Crippen LogP contribution in [0, 0.1) is 0 Å². The lowest BCUT2D eigenvalue weighted by atomic mass is 10.0. The summed E-state index contributed by atoms with van der Waals surface area (Å²) in [6.45, 7) is -0.904. The summed E-state index contributed by atoms with van der Waals surface area (Å²) in [5.41, 5.74) is 0. The van der Waals surface area contributed by atoms with Crippen LogP contribution in [0.2, 0.25) is 0 Å². The van der Waals surface area contributed by atoms with Gasteiger partial charge in [-0.2, -0.15) is 9.88 Å². The molecule has 0 bridgehead atoms. The highest BCUT2D eigenvalue weighted by Crippen LogP contribution is 2.11. The lowest BCUT2D eigenvalue weighted by molar-refractivity contribution is -0.286. The van der Waals surface area contributed by atoms with Crippen molar-refractivity contribution in [3.05, 3.63) is 0 Å². The zero-order valence-electron chi connectivity index (χ0n) is 6.92. The van der Waals surface area contributed by atoms with Gasteiger partial charge in [-0.1, -0.05) is 0 Å². The fourth-order valence-electron chi connectivity index (χ4n) is 0.774. The molecule has 0 aromatic heterocycles. The molecule has 0 fully saturated rings. The molecule has 84 valence electrons. The average Bonchev–Trinajstić information content (AvgIpc) is 2.23. The second-order valence-electron chi connectivity index (χ2n) is 2.48. The molecule has 0 aliphatic carbocycles. The Labute approximate surface area is 77.5 Å². The van der Waals surface area contributed by atoms with Gasteiger partial charge in [0.1, 0.15) is 12.2 Å². The largest absolute Gasteiger partial charge is 0.394 e. The number of carbonyl (C=O) groups is 1. The maximum absolute atomic E-state index is 11.8. The highest BCUT2D eigenvalue weighted by Gasteiger charge is 2.36. The normalized spacial score (nSPS) is 19.8. The standard InChI is InChI=1S/C6H10F2O6/c7-13-4(2-10)6(14-8)5(12)3(11)1-9/h2-6,9,11-12H,1H2/t3-,4+,5-,6-/m1/s1. The molecule has 6 nitrogen and oxygen atoms in total. The van der Waals surface area contributed by atoms with Crippen LogP contribution in [0.15, 0.2) is 0 Å². The summed E-state index contributed by atoms with van der Waals surface area (Å²) in [5, 5.41) is 26.2. The van der Waals surface area contributed by atoms with Crippen molar-refractivity contribution in [2.75, 3.05) is 6.61 Å². The first kappa shape index (κ1) is 13.3. The predicted octanol–water partition coefficient (Wildman–Crippen LogP) is -1.56. The van der Waals surface area contributed by atoms with Gasteiger partial charge in [-0.05, 0) is 9.05 Å². The minimum absolute atomic E-state index is 0.155. The fraction of sp³-hybridized carbons (Fsp3) is 0.833. The van der Waals surface area contributed by atoms with Gasteiger partial charge in [-0.25, -0.2) is 0 Å². The molecule has 0 aliphatic heterocycles. The van der Waals surface area contributed by atoms with Crippen LogP contribution >= 0.6 is 0 Å². The van der Waals surface area contributed by atoms with Crippen LogP contribution in [-0.4, -0.2) is 52.6 Å². The molecule has 0 aliphatic rings. The Bertz CT molecular complexity index is 168. The van der Waals surface area contributed by atoms with E-state index in [9.17, 15) is 13.8 Å². The molecule has 0 aromatic carbocycles. The second-order valence-corrected chi connectivity index (χ2v) is 2.48. The summed E-state index contributed by atoms with van der Waals surface area (Å²) in [7, 11) is 0. The number of aliphatic hydroxyl groups is 3. The molecule has 0 heterocycles. The first-order valence-electron chi connectivity index (χ1n) is 3.59. The molecule has 3 N–H and O–H groups in total. The molecule has 0 saturated heterocycles. The van der Waals surface area contributed by atoms with E-state index in [1.807, 2.05) is 0 Å². The molecule has 0 amide bonds. The number of aldehydes is 1. The molecule has 0 radical (unpaired) electrons. The van der Waals surface area contributed by atoms with E-state index in [1.54, 1.807) is 0 Å². The molecule has 0 unspecified atom stereocenters. The molecule has 4 atom stereocenters. The van der Waals surface area contributed by atoms with E-state index in [0.29, 0.717) is 0 Å². The highest BCUT2D eigenvalue weighted by atomic mass is 19.3. The Balaban J connectivity index is 4.44. The Kier molecular flexibility index (Phi) is 6.41. The van der Waals surface area contributed by atoms with E-state index in [2.05, 4.69) is 9.88 Å². The van der Waals surface area contributed by atoms with Crippen molar-refractivity contribution in [1.29, 1.82) is 0 Å². The third kappa shape index (κ3) is 3.24. The smallest absolute Gasteiger partial charge is 0.185 e. The van der Waals surface area contributed by atoms with E-state index >= 15 is 0 Å². The van der Waals surface area contributed by atoms with Gasteiger partial charge in [-0.3, -0.25) is 0 Å². The van der Waals surface area contributed by atoms with Crippen molar-refractivity contribution in [3.8, 4) is 0 Å². The molecule has 0 spiro atoms. The van der Waals surface area contributed by atoms with Crippen LogP contribution in [0.4, 0.5) is 9.05 Å². The number of aliphatic hydroxyl groups excluding tert-OH is 3. The molecule has 8 heteroatoms. The summed E-state index contributed by atoms with van der Waals surface area (Å²) in [5.74, 6) is 0. The summed E-state index contributed by atoms with van der Waals surface area (Å²) in [6, 6.07) is 0. The van der Waals surface area contributed by atoms with E-state index in [0.717, 1.165) is 0 Å². The minimum Gasteiger partial charge on any atom is -0.394 e. The minimum atomic E-state index is -2.04. The zero-order valence-corrected chi connectivity index (χ0v) is 6.92. The summed E-state index contributed by atoms with van der Waals surface area (Å²) in [6.07, 6.45) is -7.97. The quantitative estimate of drug-likeness (QED) is 0.445. The Morgan fingerprint density at radius 2 is 1.86 bits per heavy atom. The van der Waals surface area contributed by atoms with Crippen molar-refractivity contribution >= 4 is 6.29 Å². The predicted molar refractivity (Wildman–Crippen MR) is 37.1 cm³/mol. The van der Waals surface area contributed by atoms with Gasteiger partial charge in [-0.15, -0.1) is 0 Å². The number of rotatable bonds is 7. The van der Waals surface area contributed by atoms with E-state index in [4.69, 9.17) is 15.3 Å². The molecule has 0 saturated carbocycles. The maximum atomic E-state index is 11.8. The maximum Gasteiger partial charge on any atom is 0.185 e. The van der Waals surface area contributed by atoms with E-state index in [-0.39, 0.29) is 6.29 Å². The lowest BCUT2D eigenvalue weighted by Crippen LogP contribution is -2.47. The third-order valence-corrected chi connectivity index (χ3v) is 1.58. The van der Waals surface area contributed by atoms with Crippen molar-refractivity contribution in [3.63, 3.8) is 0 Å². The molecule has 0 rings (SSSR count). The van der Waals surface area contributed by atoms with Gasteiger partial charge in [0.2, 0.25) is 0 Å². The van der Waals surface area contributed by atoms with E-state index in [1.165, 1.54) is 0 Å². The third-order valence-electron chi connectivity index (χ3n) is 1.58. The van der Waals surface area contributed by atoms with Crippen LogP contribution < -0.4 is 0 Å². The van der Waals surface area contributed by atoms with Crippen LogP contribution in [0.3, 0.4) is 0 Å². The van der Waals surface area contributed by atoms with Crippen LogP contribution in [-0.2, 0) is 14.7 Å². The van der Waals surface area contributed by atoms with Crippen molar-refractivity contribution in [2.45, 2.75) is 24.4 Å². The zero-order chi connectivity index (χ0) is 11.1. The van der Waals surface area contributed by atoms with Gasteiger partial charge in [0, 0.05) is 0 Å².